The van der Waals surface area contributed by atoms with Crippen LogP contribution >= 0.6 is 0 Å². The van der Waals surface area contributed by atoms with Gasteiger partial charge >= 0.3 is 6.03 Å². The number of hydrogen-bond donors (Lipinski definition) is 1. The van der Waals surface area contributed by atoms with Crippen LogP contribution in [0.2, 0.25) is 0 Å². The van der Waals surface area contributed by atoms with Crippen molar-refractivity contribution in [3.05, 3.63) is 65.7 Å². The highest BCUT2D eigenvalue weighted by atomic mass is 16.5. The van der Waals surface area contributed by atoms with E-state index in [0.717, 1.165) is 36.3 Å². The Hall–Kier alpha value is -2.49. The number of methoxy groups -OCH3 is 1. The number of hydrogen-bond acceptors (Lipinski definition) is 2. The van der Waals surface area contributed by atoms with Gasteiger partial charge in [0, 0.05) is 13.1 Å². The number of carbonyl (C=O) groups excluding carboxylic acids is 1. The molecule has 23 heavy (non-hydrogen) atoms. The molecular formula is C19H22N2O2. The molecule has 2 aromatic rings. The van der Waals surface area contributed by atoms with E-state index in [4.69, 9.17) is 4.74 Å². The van der Waals surface area contributed by atoms with Crippen LogP contribution in [0.5, 0.6) is 5.75 Å². The predicted octanol–water partition coefficient (Wildman–Crippen LogP) is 3.74. The predicted molar refractivity (Wildman–Crippen MR) is 90.4 cm³/mol. The lowest BCUT2D eigenvalue weighted by molar-refractivity contribution is 0.192. The smallest absolute Gasteiger partial charge is 0.318 e. The minimum absolute atomic E-state index is 0.00664. The molecule has 1 N–H and O–H groups in total. The van der Waals surface area contributed by atoms with Gasteiger partial charge in [0.05, 0.1) is 13.2 Å². The van der Waals surface area contributed by atoms with Crippen LogP contribution in [0.25, 0.3) is 0 Å². The monoisotopic (exact) mass is 310 g/mol. The number of likely N-dealkylation sites (tertiary alicyclic amines) is 1. The number of urea groups is 1. The van der Waals surface area contributed by atoms with E-state index in [1.165, 1.54) is 0 Å². The lowest BCUT2D eigenvalue weighted by Crippen LogP contribution is -2.39. The SMILES string of the molecule is COc1ccc([C@@H]2CCCN2C(=O)NCc2ccccc2)cc1. The molecule has 2 aromatic carbocycles. The first kappa shape index (κ1) is 15.4. The zero-order chi connectivity index (χ0) is 16.1. The van der Waals surface area contributed by atoms with Gasteiger partial charge in [-0.2, -0.15) is 0 Å². The van der Waals surface area contributed by atoms with E-state index in [-0.39, 0.29) is 12.1 Å². The molecule has 0 radical (unpaired) electrons. The summed E-state index contributed by atoms with van der Waals surface area (Å²) in [6.45, 7) is 1.36. The van der Waals surface area contributed by atoms with Gasteiger partial charge in [0.15, 0.2) is 0 Å². The summed E-state index contributed by atoms with van der Waals surface area (Å²) in [5.74, 6) is 0.840. The molecule has 120 valence electrons. The lowest BCUT2D eigenvalue weighted by Gasteiger charge is -2.25. The maximum atomic E-state index is 12.5. The third-order valence-corrected chi connectivity index (χ3v) is 4.30. The highest BCUT2D eigenvalue weighted by molar-refractivity contribution is 5.75. The molecular weight excluding hydrogens is 288 g/mol. The molecule has 1 atom stereocenters. The maximum absolute atomic E-state index is 12.5. The van der Waals surface area contributed by atoms with E-state index in [1.807, 2.05) is 59.5 Å². The first-order chi connectivity index (χ1) is 11.3. The standard InChI is InChI=1S/C19H22N2O2/c1-23-17-11-9-16(10-12-17)18-8-5-13-21(18)19(22)20-14-15-6-3-2-4-7-15/h2-4,6-7,9-12,18H,5,8,13-14H2,1H3,(H,20,22)/t18-/m0/s1. The van der Waals surface area contributed by atoms with E-state index >= 15 is 0 Å². The van der Waals surface area contributed by atoms with Crippen molar-refractivity contribution < 1.29 is 9.53 Å². The molecule has 0 aromatic heterocycles. The molecule has 1 aliphatic heterocycles. The molecule has 0 spiro atoms. The van der Waals surface area contributed by atoms with Crippen molar-refractivity contribution in [1.29, 1.82) is 0 Å². The number of nitrogens with one attached hydrogen (secondary N) is 1. The van der Waals surface area contributed by atoms with Gasteiger partial charge in [0.1, 0.15) is 5.75 Å². The summed E-state index contributed by atoms with van der Waals surface area (Å²) in [7, 11) is 1.66. The van der Waals surface area contributed by atoms with E-state index in [0.29, 0.717) is 6.54 Å². The van der Waals surface area contributed by atoms with Crippen LogP contribution in [0.1, 0.15) is 30.0 Å². The molecule has 0 unspecified atom stereocenters. The molecule has 4 heteroatoms. The van der Waals surface area contributed by atoms with Crippen LogP contribution in [-0.4, -0.2) is 24.6 Å². The molecule has 4 nitrogen and oxygen atoms in total. The van der Waals surface area contributed by atoms with Crippen molar-refractivity contribution in [3.63, 3.8) is 0 Å². The van der Waals surface area contributed by atoms with Crippen LogP contribution in [0, 0.1) is 0 Å². The van der Waals surface area contributed by atoms with Gasteiger partial charge in [-0.15, -0.1) is 0 Å². The Bertz CT molecular complexity index is 640. The number of nitrogens with zero attached hydrogens (tertiary/aromatic N) is 1. The molecule has 1 aliphatic rings. The molecule has 1 fully saturated rings. The summed E-state index contributed by atoms with van der Waals surface area (Å²) in [4.78, 5) is 14.5. The zero-order valence-corrected chi connectivity index (χ0v) is 13.4. The topological polar surface area (TPSA) is 41.6 Å². The third kappa shape index (κ3) is 3.65. The molecule has 0 aliphatic carbocycles. The third-order valence-electron chi connectivity index (χ3n) is 4.30. The quantitative estimate of drug-likeness (QED) is 0.934. The highest BCUT2D eigenvalue weighted by Gasteiger charge is 2.29. The first-order valence-electron chi connectivity index (χ1n) is 8.00. The van der Waals surface area contributed by atoms with Crippen molar-refractivity contribution in [1.82, 2.24) is 10.2 Å². The first-order valence-corrected chi connectivity index (χ1v) is 8.00. The molecule has 3 rings (SSSR count). The average Bonchev–Trinajstić information content (AvgIpc) is 3.10. The Morgan fingerprint density at radius 3 is 2.61 bits per heavy atom. The van der Waals surface area contributed by atoms with Crippen molar-refractivity contribution >= 4 is 6.03 Å². The summed E-state index contributed by atoms with van der Waals surface area (Å²) < 4.78 is 5.20. The van der Waals surface area contributed by atoms with E-state index in [1.54, 1.807) is 7.11 Å². The number of amides is 2. The second kappa shape index (κ2) is 7.18. The van der Waals surface area contributed by atoms with E-state index in [9.17, 15) is 4.79 Å². The molecule has 1 heterocycles. The second-order valence-corrected chi connectivity index (χ2v) is 5.77. The lowest BCUT2D eigenvalue weighted by atomic mass is 10.0. The van der Waals surface area contributed by atoms with Gasteiger partial charge < -0.3 is 15.0 Å². The van der Waals surface area contributed by atoms with Gasteiger partial charge in [0.25, 0.3) is 0 Å². The normalized spacial score (nSPS) is 17.1. The van der Waals surface area contributed by atoms with Crippen molar-refractivity contribution in [3.8, 4) is 5.75 Å². The molecule has 0 bridgehead atoms. The summed E-state index contributed by atoms with van der Waals surface area (Å²) >= 11 is 0. The molecule has 2 amide bonds. The summed E-state index contributed by atoms with van der Waals surface area (Å²) in [5.41, 5.74) is 2.28. The number of carbonyl (C=O) groups is 1. The summed E-state index contributed by atoms with van der Waals surface area (Å²) in [6, 6.07) is 18.1. The van der Waals surface area contributed by atoms with Gasteiger partial charge in [-0.25, -0.2) is 4.79 Å². The summed E-state index contributed by atoms with van der Waals surface area (Å²) in [6.07, 6.45) is 2.04. The van der Waals surface area contributed by atoms with Gasteiger partial charge in [-0.1, -0.05) is 42.5 Å². The minimum atomic E-state index is 0.00664. The van der Waals surface area contributed by atoms with Gasteiger partial charge in [0.2, 0.25) is 0 Å². The van der Waals surface area contributed by atoms with Crippen molar-refractivity contribution in [2.45, 2.75) is 25.4 Å². The van der Waals surface area contributed by atoms with Gasteiger partial charge in [-0.05, 0) is 36.1 Å². The highest BCUT2D eigenvalue weighted by Crippen LogP contribution is 2.32. The van der Waals surface area contributed by atoms with Crippen LogP contribution in [0.15, 0.2) is 54.6 Å². The largest absolute Gasteiger partial charge is 0.497 e. The molecule has 1 saturated heterocycles. The minimum Gasteiger partial charge on any atom is -0.497 e. The van der Waals surface area contributed by atoms with Gasteiger partial charge in [-0.3, -0.25) is 0 Å². The fraction of sp³-hybridized carbons (Fsp3) is 0.316. The maximum Gasteiger partial charge on any atom is 0.318 e. The van der Waals surface area contributed by atoms with E-state index < -0.39 is 0 Å². The van der Waals surface area contributed by atoms with E-state index in [2.05, 4.69) is 5.32 Å². The fourth-order valence-corrected chi connectivity index (χ4v) is 3.06. The Kier molecular flexibility index (Phi) is 4.81. The van der Waals surface area contributed by atoms with Crippen LogP contribution in [0.4, 0.5) is 4.79 Å². The number of benzene rings is 2. The Balaban J connectivity index is 1.64. The Morgan fingerprint density at radius 2 is 1.91 bits per heavy atom. The average molecular weight is 310 g/mol. The summed E-state index contributed by atoms with van der Waals surface area (Å²) in [5, 5.41) is 3.03. The Labute approximate surface area is 137 Å². The Morgan fingerprint density at radius 1 is 1.17 bits per heavy atom. The number of rotatable bonds is 4. The number of ether oxygens (including phenoxy) is 1. The van der Waals surface area contributed by atoms with Crippen LogP contribution in [0.3, 0.4) is 0 Å². The van der Waals surface area contributed by atoms with Crippen LogP contribution < -0.4 is 10.1 Å². The molecule has 0 saturated carbocycles. The van der Waals surface area contributed by atoms with Crippen molar-refractivity contribution in [2.75, 3.05) is 13.7 Å². The fourth-order valence-electron chi connectivity index (χ4n) is 3.06. The second-order valence-electron chi connectivity index (χ2n) is 5.77. The van der Waals surface area contributed by atoms with Crippen molar-refractivity contribution in [2.24, 2.45) is 0 Å². The van der Waals surface area contributed by atoms with Crippen LogP contribution in [-0.2, 0) is 6.54 Å². The zero-order valence-electron chi connectivity index (χ0n) is 13.4.